The molecule has 1 N–H and O–H groups in total. The first kappa shape index (κ1) is 23.6. The summed E-state index contributed by atoms with van der Waals surface area (Å²) in [5.74, 6) is 0.0476. The highest BCUT2D eigenvalue weighted by Crippen LogP contribution is 2.39. The fourth-order valence-corrected chi connectivity index (χ4v) is 3.87. The van der Waals surface area contributed by atoms with Gasteiger partial charge in [-0.3, -0.25) is 14.5 Å². The Balaban J connectivity index is 1.64. The van der Waals surface area contributed by atoms with Crippen molar-refractivity contribution in [2.45, 2.75) is 32.7 Å². The third-order valence-electron chi connectivity index (χ3n) is 5.62. The van der Waals surface area contributed by atoms with Crippen molar-refractivity contribution in [3.63, 3.8) is 0 Å². The first-order valence-electron chi connectivity index (χ1n) is 11.1. The number of hydrogen-bond donors (Lipinski definition) is 1. The van der Waals surface area contributed by atoms with E-state index in [1.54, 1.807) is 12.1 Å². The van der Waals surface area contributed by atoms with Crippen LogP contribution in [0.1, 0.15) is 37.5 Å². The number of hydrogen-bond acceptors (Lipinski definition) is 3. The van der Waals surface area contributed by atoms with E-state index < -0.39 is 0 Å². The Bertz CT molecular complexity index is 1250. The van der Waals surface area contributed by atoms with Crippen LogP contribution in [0.5, 0.6) is 5.75 Å². The number of rotatable bonds is 5. The van der Waals surface area contributed by atoms with E-state index in [1.165, 1.54) is 4.90 Å². The summed E-state index contributed by atoms with van der Waals surface area (Å²) < 4.78 is 5.99. The lowest BCUT2D eigenvalue weighted by Crippen LogP contribution is -2.44. The number of fused-ring (bicyclic) bond motifs is 1. The van der Waals surface area contributed by atoms with Crippen LogP contribution in [-0.4, -0.2) is 18.4 Å². The predicted octanol–water partition coefficient (Wildman–Crippen LogP) is 5.72. The molecule has 0 saturated carbocycles. The lowest BCUT2D eigenvalue weighted by atomic mass is 9.86. The summed E-state index contributed by atoms with van der Waals surface area (Å²) in [5.41, 5.74) is 3.14. The van der Waals surface area contributed by atoms with Crippen molar-refractivity contribution < 1.29 is 14.3 Å². The first-order valence-corrected chi connectivity index (χ1v) is 11.5. The molecule has 34 heavy (non-hydrogen) atoms. The molecule has 0 radical (unpaired) electrons. The molecule has 0 aliphatic carbocycles. The second kappa shape index (κ2) is 9.74. The molecule has 1 heterocycles. The highest BCUT2D eigenvalue weighted by Gasteiger charge is 2.33. The number of anilines is 1. The summed E-state index contributed by atoms with van der Waals surface area (Å²) in [6.07, 6.45) is 1.69. The van der Waals surface area contributed by atoms with Crippen molar-refractivity contribution in [1.82, 2.24) is 5.32 Å². The van der Waals surface area contributed by atoms with Crippen molar-refractivity contribution in [2.24, 2.45) is 0 Å². The van der Waals surface area contributed by atoms with Crippen LogP contribution in [0, 0.1) is 0 Å². The predicted molar refractivity (Wildman–Crippen MR) is 136 cm³/mol. The summed E-state index contributed by atoms with van der Waals surface area (Å²) in [4.78, 5) is 27.8. The molecule has 3 aromatic carbocycles. The van der Waals surface area contributed by atoms with Gasteiger partial charge >= 0.3 is 0 Å². The Morgan fingerprint density at radius 1 is 1.03 bits per heavy atom. The van der Waals surface area contributed by atoms with Crippen molar-refractivity contribution >= 4 is 35.2 Å². The van der Waals surface area contributed by atoms with Crippen LogP contribution in [0.25, 0.3) is 6.08 Å². The van der Waals surface area contributed by atoms with Gasteiger partial charge in [0.05, 0.1) is 5.69 Å². The first-order chi connectivity index (χ1) is 16.2. The summed E-state index contributed by atoms with van der Waals surface area (Å²) in [5, 5.41) is 3.45. The van der Waals surface area contributed by atoms with E-state index in [1.807, 2.05) is 66.7 Å². The fraction of sp³-hybridized carbons (Fsp3) is 0.214. The monoisotopic (exact) mass is 474 g/mol. The average molecular weight is 475 g/mol. The molecule has 1 aliphatic rings. The zero-order valence-corrected chi connectivity index (χ0v) is 20.2. The van der Waals surface area contributed by atoms with E-state index in [9.17, 15) is 9.59 Å². The summed E-state index contributed by atoms with van der Waals surface area (Å²) in [7, 11) is 0. The molecule has 6 heteroatoms. The maximum Gasteiger partial charge on any atom is 0.294 e. The van der Waals surface area contributed by atoms with Gasteiger partial charge in [-0.1, -0.05) is 87.0 Å². The smallest absolute Gasteiger partial charge is 0.294 e. The zero-order chi connectivity index (χ0) is 24.3. The number of carbonyl (C=O) groups is 2. The van der Waals surface area contributed by atoms with E-state index in [0.717, 1.165) is 16.7 Å². The standard InChI is InChI=1S/C28H27ClN2O3/c1-28(2,3)21-13-14-24-23(16-21)31(18-26(32)30-17-20-11-7-8-12-22(20)29)27(33)25(34-24)15-19-9-5-4-6-10-19/h4-16H,17-18H2,1-3H3,(H,30,32)/b25-15-. The molecule has 0 fully saturated rings. The largest absolute Gasteiger partial charge is 0.449 e. The molecular formula is C28H27ClN2O3. The molecule has 0 bridgehead atoms. The van der Waals surface area contributed by atoms with Crippen LogP contribution in [0.15, 0.2) is 78.6 Å². The molecule has 3 aromatic rings. The summed E-state index contributed by atoms with van der Waals surface area (Å²) in [6.45, 7) is 6.43. The van der Waals surface area contributed by atoms with E-state index in [4.69, 9.17) is 16.3 Å². The number of amides is 2. The number of nitrogens with zero attached hydrogens (tertiary/aromatic N) is 1. The number of ether oxygens (including phenoxy) is 1. The second-order valence-corrected chi connectivity index (χ2v) is 9.62. The normalized spacial score (nSPS) is 14.5. The lowest BCUT2D eigenvalue weighted by Gasteiger charge is -2.32. The molecular weight excluding hydrogens is 448 g/mol. The maximum absolute atomic E-state index is 13.4. The van der Waals surface area contributed by atoms with Gasteiger partial charge in [-0.25, -0.2) is 0 Å². The van der Waals surface area contributed by atoms with Crippen LogP contribution < -0.4 is 15.0 Å². The van der Waals surface area contributed by atoms with Gasteiger partial charge in [0.2, 0.25) is 5.91 Å². The molecule has 0 unspecified atom stereocenters. The Morgan fingerprint density at radius 3 is 2.44 bits per heavy atom. The Morgan fingerprint density at radius 2 is 1.74 bits per heavy atom. The molecule has 5 nitrogen and oxygen atoms in total. The third kappa shape index (κ3) is 5.32. The van der Waals surface area contributed by atoms with Gasteiger partial charge in [0.15, 0.2) is 11.5 Å². The van der Waals surface area contributed by atoms with Crippen LogP contribution >= 0.6 is 11.6 Å². The Labute approximate surface area is 205 Å². The van der Waals surface area contributed by atoms with Crippen molar-refractivity contribution in [3.8, 4) is 5.75 Å². The zero-order valence-electron chi connectivity index (χ0n) is 19.5. The molecule has 0 saturated heterocycles. The van der Waals surface area contributed by atoms with Gasteiger partial charge in [0.25, 0.3) is 5.91 Å². The minimum atomic E-state index is -0.365. The van der Waals surface area contributed by atoms with E-state index >= 15 is 0 Å². The van der Waals surface area contributed by atoms with Gasteiger partial charge in [-0.05, 0) is 46.4 Å². The summed E-state index contributed by atoms with van der Waals surface area (Å²) in [6, 6.07) is 22.6. The van der Waals surface area contributed by atoms with Gasteiger partial charge in [-0.15, -0.1) is 0 Å². The number of benzene rings is 3. The minimum absolute atomic E-state index is 0.129. The Kier molecular flexibility index (Phi) is 6.75. The van der Waals surface area contributed by atoms with Gasteiger partial charge in [-0.2, -0.15) is 0 Å². The van der Waals surface area contributed by atoms with Crippen LogP contribution in [0.4, 0.5) is 5.69 Å². The van der Waals surface area contributed by atoms with E-state index in [-0.39, 0.29) is 36.1 Å². The summed E-state index contributed by atoms with van der Waals surface area (Å²) >= 11 is 6.21. The highest BCUT2D eigenvalue weighted by atomic mass is 35.5. The molecule has 2 amide bonds. The van der Waals surface area contributed by atoms with Crippen LogP contribution in [0.2, 0.25) is 5.02 Å². The maximum atomic E-state index is 13.4. The SMILES string of the molecule is CC(C)(C)c1ccc2c(c1)N(CC(=O)NCc1ccccc1Cl)C(=O)/C(=C/c1ccccc1)O2. The van der Waals surface area contributed by atoms with Crippen LogP contribution in [0.3, 0.4) is 0 Å². The van der Waals surface area contributed by atoms with Gasteiger partial charge < -0.3 is 10.1 Å². The van der Waals surface area contributed by atoms with E-state index in [0.29, 0.717) is 16.5 Å². The quantitative estimate of drug-likeness (QED) is 0.481. The average Bonchev–Trinajstić information content (AvgIpc) is 2.81. The molecule has 4 rings (SSSR count). The number of carbonyl (C=O) groups excluding carboxylic acids is 2. The van der Waals surface area contributed by atoms with Crippen LogP contribution in [-0.2, 0) is 21.5 Å². The number of halogens is 1. The van der Waals surface area contributed by atoms with Crippen molar-refractivity contribution in [2.75, 3.05) is 11.4 Å². The van der Waals surface area contributed by atoms with E-state index in [2.05, 4.69) is 26.1 Å². The van der Waals surface area contributed by atoms with Gasteiger partial charge in [0.1, 0.15) is 6.54 Å². The van der Waals surface area contributed by atoms with Crippen molar-refractivity contribution in [3.05, 3.63) is 100 Å². The second-order valence-electron chi connectivity index (χ2n) is 9.21. The van der Waals surface area contributed by atoms with Gasteiger partial charge in [0, 0.05) is 11.6 Å². The number of nitrogens with one attached hydrogen (secondary N) is 1. The Hall–Kier alpha value is -3.57. The lowest BCUT2D eigenvalue weighted by molar-refractivity contribution is -0.123. The topological polar surface area (TPSA) is 58.6 Å². The molecule has 174 valence electrons. The molecule has 0 aromatic heterocycles. The molecule has 1 aliphatic heterocycles. The third-order valence-corrected chi connectivity index (χ3v) is 5.99. The highest BCUT2D eigenvalue weighted by molar-refractivity contribution is 6.31. The fourth-order valence-electron chi connectivity index (χ4n) is 3.67. The molecule has 0 atom stereocenters. The molecule has 0 spiro atoms. The minimum Gasteiger partial charge on any atom is -0.449 e. The van der Waals surface area contributed by atoms with Crippen molar-refractivity contribution in [1.29, 1.82) is 0 Å².